The Morgan fingerprint density at radius 2 is 1.79 bits per heavy atom. The van der Waals surface area contributed by atoms with Gasteiger partial charge in [0.1, 0.15) is 0 Å². The van der Waals surface area contributed by atoms with E-state index in [0.29, 0.717) is 11.3 Å². The van der Waals surface area contributed by atoms with Crippen molar-refractivity contribution in [2.75, 3.05) is 26.2 Å². The molecule has 2 aromatic rings. The van der Waals surface area contributed by atoms with Crippen molar-refractivity contribution >= 4 is 11.6 Å². The highest BCUT2D eigenvalue weighted by atomic mass is 16.1. The van der Waals surface area contributed by atoms with Crippen LogP contribution in [0, 0.1) is 20.8 Å². The van der Waals surface area contributed by atoms with Crippen molar-refractivity contribution in [3.8, 4) is 0 Å². The van der Waals surface area contributed by atoms with Gasteiger partial charge in [0, 0.05) is 44.0 Å². The number of piperazine rings is 1. The molecule has 1 aliphatic heterocycles. The molecule has 0 radical (unpaired) electrons. The number of carbonyl (C=O) groups excluding carboxylic acids is 2. The van der Waals surface area contributed by atoms with E-state index in [9.17, 15) is 9.59 Å². The number of hydrogen-bond donors (Lipinski definition) is 1. The Kier molecular flexibility index (Phi) is 6.16. The minimum absolute atomic E-state index is 0.00251. The van der Waals surface area contributed by atoms with E-state index in [4.69, 9.17) is 0 Å². The highest BCUT2D eigenvalue weighted by molar-refractivity contribution is 6.05. The third kappa shape index (κ3) is 4.26. The normalized spacial score (nSPS) is 16.9. The van der Waals surface area contributed by atoms with E-state index >= 15 is 0 Å². The van der Waals surface area contributed by atoms with Gasteiger partial charge in [0.25, 0.3) is 0 Å². The van der Waals surface area contributed by atoms with E-state index in [1.807, 2.05) is 20.8 Å². The zero-order valence-electron chi connectivity index (χ0n) is 17.6. The van der Waals surface area contributed by atoms with Gasteiger partial charge in [0.2, 0.25) is 0 Å². The number of nitrogens with one attached hydrogen (secondary N) is 1. The number of aryl methyl sites for hydroxylation is 2. The number of carbonyl (C=O) groups is 2. The molecule has 1 saturated heterocycles. The Balaban J connectivity index is 1.62. The Hall–Kier alpha value is -2.24. The van der Waals surface area contributed by atoms with Crippen molar-refractivity contribution in [1.29, 1.82) is 0 Å². The van der Waals surface area contributed by atoms with Crippen LogP contribution < -0.4 is 0 Å². The molecule has 0 amide bonds. The average Bonchev–Trinajstić information content (AvgIpc) is 2.95. The van der Waals surface area contributed by atoms with Gasteiger partial charge in [-0.25, -0.2) is 0 Å². The van der Waals surface area contributed by atoms with E-state index in [2.05, 4.69) is 46.0 Å². The number of benzene rings is 1. The van der Waals surface area contributed by atoms with Crippen LogP contribution in [0.3, 0.4) is 0 Å². The van der Waals surface area contributed by atoms with Crippen LogP contribution in [-0.2, 0) is 6.54 Å². The lowest BCUT2D eigenvalue weighted by Crippen LogP contribution is -2.51. The topological polar surface area (TPSA) is 56.4 Å². The number of ketones is 2. The Labute approximate surface area is 167 Å². The second-order valence-corrected chi connectivity index (χ2v) is 8.02. The summed E-state index contributed by atoms with van der Waals surface area (Å²) in [6.45, 7) is 14.0. The number of nitrogens with zero attached hydrogens (tertiary/aromatic N) is 2. The summed E-state index contributed by atoms with van der Waals surface area (Å²) < 4.78 is 0. The third-order valence-electron chi connectivity index (χ3n) is 5.86. The minimum Gasteiger partial charge on any atom is -0.355 e. The van der Waals surface area contributed by atoms with Crippen molar-refractivity contribution in [3.63, 3.8) is 0 Å². The molecule has 0 spiro atoms. The number of Topliss-reactive ketones (excluding diaryl/α,β-unsaturated/α-hetero) is 2. The minimum atomic E-state index is -0.197. The van der Waals surface area contributed by atoms with Gasteiger partial charge in [-0.3, -0.25) is 19.4 Å². The Morgan fingerprint density at radius 1 is 1.11 bits per heavy atom. The monoisotopic (exact) mass is 381 g/mol. The maximum Gasteiger partial charge on any atom is 0.196 e. The van der Waals surface area contributed by atoms with Gasteiger partial charge in [0.15, 0.2) is 11.6 Å². The number of hydrogen-bond acceptors (Lipinski definition) is 4. The molecule has 0 bridgehead atoms. The SMILES string of the molecule is CC(=O)c1c(C)[nH]c(C(=O)[C@H](C)N2CCN(Cc3cccc(C)c3)CC2)c1C. The van der Waals surface area contributed by atoms with Crippen molar-refractivity contribution in [2.45, 2.75) is 47.2 Å². The van der Waals surface area contributed by atoms with Crippen molar-refractivity contribution in [2.24, 2.45) is 0 Å². The van der Waals surface area contributed by atoms with E-state index < -0.39 is 0 Å². The predicted octanol–water partition coefficient (Wildman–Crippen LogP) is 3.53. The van der Waals surface area contributed by atoms with E-state index in [0.717, 1.165) is 44.0 Å². The molecule has 1 fully saturated rings. The molecule has 0 saturated carbocycles. The molecular weight excluding hydrogens is 350 g/mol. The van der Waals surface area contributed by atoms with Crippen LogP contribution in [0.1, 0.15) is 57.1 Å². The molecule has 3 rings (SSSR count). The van der Waals surface area contributed by atoms with Crippen LogP contribution in [0.2, 0.25) is 0 Å². The summed E-state index contributed by atoms with van der Waals surface area (Å²) >= 11 is 0. The molecule has 1 aromatic carbocycles. The third-order valence-corrected chi connectivity index (χ3v) is 5.86. The fraction of sp³-hybridized carbons (Fsp3) is 0.478. The second kappa shape index (κ2) is 8.41. The van der Waals surface area contributed by atoms with Gasteiger partial charge in [0.05, 0.1) is 11.7 Å². The average molecular weight is 382 g/mol. The van der Waals surface area contributed by atoms with Crippen molar-refractivity contribution in [3.05, 3.63) is 57.9 Å². The molecule has 1 N–H and O–H groups in total. The summed E-state index contributed by atoms with van der Waals surface area (Å²) in [6.07, 6.45) is 0. The van der Waals surface area contributed by atoms with Crippen molar-refractivity contribution < 1.29 is 9.59 Å². The quantitative estimate of drug-likeness (QED) is 0.778. The maximum absolute atomic E-state index is 13.1. The largest absolute Gasteiger partial charge is 0.355 e. The second-order valence-electron chi connectivity index (χ2n) is 8.02. The highest BCUT2D eigenvalue weighted by Crippen LogP contribution is 2.21. The van der Waals surface area contributed by atoms with Crippen LogP contribution in [-0.4, -0.2) is 58.6 Å². The lowest BCUT2D eigenvalue weighted by molar-refractivity contribution is 0.0683. The molecule has 0 aliphatic carbocycles. The number of H-pyrrole nitrogens is 1. The molecule has 28 heavy (non-hydrogen) atoms. The molecule has 1 atom stereocenters. The summed E-state index contributed by atoms with van der Waals surface area (Å²) in [5.74, 6) is 0.0722. The van der Waals surface area contributed by atoms with Gasteiger partial charge < -0.3 is 4.98 Å². The molecule has 150 valence electrons. The summed E-state index contributed by atoms with van der Waals surface area (Å²) in [5.41, 5.74) is 5.42. The standard InChI is InChI=1S/C23H31N3O2/c1-15-7-6-8-20(13-15)14-25-9-11-26(12-10-25)18(4)23(28)22-16(2)21(19(5)27)17(3)24-22/h6-8,13,18,24H,9-12,14H2,1-5H3/t18-/m0/s1. The first kappa shape index (κ1) is 20.5. The lowest BCUT2D eigenvalue weighted by atomic mass is 10.0. The first-order chi connectivity index (χ1) is 13.3. The van der Waals surface area contributed by atoms with E-state index in [1.54, 1.807) is 6.92 Å². The van der Waals surface area contributed by atoms with E-state index in [-0.39, 0.29) is 17.6 Å². The maximum atomic E-state index is 13.1. The van der Waals surface area contributed by atoms with Gasteiger partial charge in [-0.05, 0) is 45.7 Å². The van der Waals surface area contributed by atoms with Gasteiger partial charge >= 0.3 is 0 Å². The zero-order chi connectivity index (χ0) is 20.4. The number of aromatic amines is 1. The molecule has 5 nitrogen and oxygen atoms in total. The zero-order valence-corrected chi connectivity index (χ0v) is 17.6. The van der Waals surface area contributed by atoms with Gasteiger partial charge in [-0.15, -0.1) is 0 Å². The van der Waals surface area contributed by atoms with Crippen LogP contribution in [0.5, 0.6) is 0 Å². The van der Waals surface area contributed by atoms with Crippen LogP contribution in [0.15, 0.2) is 24.3 Å². The predicted molar refractivity (Wildman–Crippen MR) is 112 cm³/mol. The van der Waals surface area contributed by atoms with Gasteiger partial charge in [-0.2, -0.15) is 0 Å². The van der Waals surface area contributed by atoms with Crippen LogP contribution in [0.25, 0.3) is 0 Å². The molecule has 2 heterocycles. The first-order valence-electron chi connectivity index (χ1n) is 10.0. The molecule has 1 aromatic heterocycles. The first-order valence-corrected chi connectivity index (χ1v) is 10.0. The summed E-state index contributed by atoms with van der Waals surface area (Å²) in [4.78, 5) is 32.8. The summed E-state index contributed by atoms with van der Waals surface area (Å²) in [6, 6.07) is 8.45. The van der Waals surface area contributed by atoms with E-state index in [1.165, 1.54) is 11.1 Å². The van der Waals surface area contributed by atoms with Gasteiger partial charge in [-0.1, -0.05) is 29.8 Å². The number of rotatable bonds is 6. The molecular formula is C23H31N3O2. The van der Waals surface area contributed by atoms with Crippen LogP contribution in [0.4, 0.5) is 0 Å². The molecule has 1 aliphatic rings. The molecule has 5 heteroatoms. The lowest BCUT2D eigenvalue weighted by Gasteiger charge is -2.37. The highest BCUT2D eigenvalue weighted by Gasteiger charge is 2.29. The molecule has 0 unspecified atom stereocenters. The fourth-order valence-corrected chi connectivity index (χ4v) is 4.28. The summed E-state index contributed by atoms with van der Waals surface area (Å²) in [7, 11) is 0. The summed E-state index contributed by atoms with van der Waals surface area (Å²) in [5, 5.41) is 0. The Morgan fingerprint density at radius 3 is 2.36 bits per heavy atom. The smallest absolute Gasteiger partial charge is 0.196 e. The van der Waals surface area contributed by atoms with Crippen molar-refractivity contribution in [1.82, 2.24) is 14.8 Å². The van der Waals surface area contributed by atoms with Crippen LogP contribution >= 0.6 is 0 Å². The fourth-order valence-electron chi connectivity index (χ4n) is 4.28. The number of aromatic nitrogens is 1. The Bertz CT molecular complexity index is 876.